The minimum Gasteiger partial charge on any atom is -0.458 e. The third kappa shape index (κ3) is 2.85. The standard InChI is InChI=1S/C17H17NO2/c1-4-10-18(11-5-2)16-12-17(20-13(3)19)15-9-7-6-8-14(15)16/h1-2,6-9,16-17H,10-12H2,3H3/t16-,17-/m1/s1. The van der Waals surface area contributed by atoms with Crippen LogP contribution in [0.4, 0.5) is 0 Å². The van der Waals surface area contributed by atoms with Gasteiger partial charge in [-0.2, -0.15) is 0 Å². The molecule has 0 spiro atoms. The maximum atomic E-state index is 11.2. The van der Waals surface area contributed by atoms with Gasteiger partial charge >= 0.3 is 5.97 Å². The van der Waals surface area contributed by atoms with Gasteiger partial charge in [-0.3, -0.25) is 9.69 Å². The zero-order valence-electron chi connectivity index (χ0n) is 11.5. The first-order valence-corrected chi connectivity index (χ1v) is 6.54. The van der Waals surface area contributed by atoms with Gasteiger partial charge in [0.25, 0.3) is 0 Å². The van der Waals surface area contributed by atoms with Gasteiger partial charge in [0.05, 0.1) is 13.1 Å². The van der Waals surface area contributed by atoms with E-state index >= 15 is 0 Å². The quantitative estimate of drug-likeness (QED) is 0.619. The van der Waals surface area contributed by atoms with Crippen LogP contribution in [0.3, 0.4) is 0 Å². The molecule has 0 saturated heterocycles. The molecule has 2 rings (SSSR count). The molecular formula is C17H17NO2. The Morgan fingerprint density at radius 2 is 1.90 bits per heavy atom. The molecule has 3 heteroatoms. The highest BCUT2D eigenvalue weighted by atomic mass is 16.5. The van der Waals surface area contributed by atoms with Crippen molar-refractivity contribution in [2.75, 3.05) is 13.1 Å². The zero-order valence-corrected chi connectivity index (χ0v) is 11.5. The highest BCUT2D eigenvalue weighted by Gasteiger charge is 2.35. The van der Waals surface area contributed by atoms with E-state index < -0.39 is 0 Å². The van der Waals surface area contributed by atoms with Crippen LogP contribution in [-0.4, -0.2) is 24.0 Å². The zero-order chi connectivity index (χ0) is 14.5. The van der Waals surface area contributed by atoms with Crippen LogP contribution in [-0.2, 0) is 9.53 Å². The smallest absolute Gasteiger partial charge is 0.303 e. The number of terminal acetylenes is 2. The molecule has 1 aromatic carbocycles. The lowest BCUT2D eigenvalue weighted by Crippen LogP contribution is -2.28. The van der Waals surface area contributed by atoms with Crippen molar-refractivity contribution >= 4 is 5.97 Å². The summed E-state index contributed by atoms with van der Waals surface area (Å²) >= 11 is 0. The van der Waals surface area contributed by atoms with E-state index in [9.17, 15) is 4.79 Å². The minimum atomic E-state index is -0.272. The highest BCUT2D eigenvalue weighted by Crippen LogP contribution is 2.43. The third-order valence-corrected chi connectivity index (χ3v) is 3.48. The van der Waals surface area contributed by atoms with Crippen LogP contribution in [0.1, 0.15) is 36.6 Å². The number of carbonyl (C=O) groups is 1. The Morgan fingerprint density at radius 3 is 2.45 bits per heavy atom. The van der Waals surface area contributed by atoms with Crippen LogP contribution in [0.15, 0.2) is 24.3 Å². The van der Waals surface area contributed by atoms with Gasteiger partial charge in [0.15, 0.2) is 0 Å². The molecule has 0 aromatic heterocycles. The molecule has 0 heterocycles. The number of esters is 1. The van der Waals surface area contributed by atoms with Crippen molar-refractivity contribution in [1.82, 2.24) is 4.90 Å². The maximum Gasteiger partial charge on any atom is 0.303 e. The summed E-state index contributed by atoms with van der Waals surface area (Å²) in [5, 5.41) is 0. The van der Waals surface area contributed by atoms with E-state index in [1.807, 2.05) is 24.3 Å². The van der Waals surface area contributed by atoms with E-state index in [4.69, 9.17) is 17.6 Å². The number of hydrogen-bond donors (Lipinski definition) is 0. The van der Waals surface area contributed by atoms with Crippen LogP contribution in [0.2, 0.25) is 0 Å². The number of carbonyl (C=O) groups excluding carboxylic acids is 1. The predicted molar refractivity (Wildman–Crippen MR) is 77.5 cm³/mol. The third-order valence-electron chi connectivity index (χ3n) is 3.48. The fourth-order valence-electron chi connectivity index (χ4n) is 2.73. The van der Waals surface area contributed by atoms with E-state index in [1.54, 1.807) is 0 Å². The summed E-state index contributed by atoms with van der Waals surface area (Å²) < 4.78 is 5.41. The van der Waals surface area contributed by atoms with E-state index in [0.29, 0.717) is 19.5 Å². The second-order valence-corrected chi connectivity index (χ2v) is 4.79. The van der Waals surface area contributed by atoms with Gasteiger partial charge in [0.1, 0.15) is 6.10 Å². The average molecular weight is 267 g/mol. The van der Waals surface area contributed by atoms with E-state index in [0.717, 1.165) is 11.1 Å². The molecule has 0 amide bonds. The fraction of sp³-hybridized carbons (Fsp3) is 0.353. The Labute approximate surface area is 119 Å². The van der Waals surface area contributed by atoms with Gasteiger partial charge in [0.2, 0.25) is 0 Å². The first-order valence-electron chi connectivity index (χ1n) is 6.54. The van der Waals surface area contributed by atoms with E-state index in [2.05, 4.69) is 16.7 Å². The Bertz CT molecular complexity index is 563. The minimum absolute atomic E-state index is 0.0997. The van der Waals surface area contributed by atoms with Crippen molar-refractivity contribution in [2.24, 2.45) is 0 Å². The van der Waals surface area contributed by atoms with Crippen molar-refractivity contribution < 1.29 is 9.53 Å². The van der Waals surface area contributed by atoms with E-state index in [-0.39, 0.29) is 18.1 Å². The lowest BCUT2D eigenvalue weighted by molar-refractivity contribution is -0.147. The molecule has 1 aliphatic carbocycles. The molecule has 2 atom stereocenters. The van der Waals surface area contributed by atoms with Crippen LogP contribution in [0.25, 0.3) is 0 Å². The van der Waals surface area contributed by atoms with Gasteiger partial charge in [-0.1, -0.05) is 36.1 Å². The lowest BCUT2D eigenvalue weighted by atomic mass is 10.1. The second-order valence-electron chi connectivity index (χ2n) is 4.79. The molecule has 0 N–H and O–H groups in total. The van der Waals surface area contributed by atoms with Crippen LogP contribution < -0.4 is 0 Å². The number of ether oxygens (including phenoxy) is 1. The molecular weight excluding hydrogens is 250 g/mol. The van der Waals surface area contributed by atoms with Crippen molar-refractivity contribution in [3.05, 3.63) is 35.4 Å². The van der Waals surface area contributed by atoms with Crippen molar-refractivity contribution in [3.63, 3.8) is 0 Å². The topological polar surface area (TPSA) is 29.5 Å². The monoisotopic (exact) mass is 267 g/mol. The molecule has 0 radical (unpaired) electrons. The number of benzene rings is 1. The number of nitrogens with zero attached hydrogens (tertiary/aromatic N) is 1. The summed E-state index contributed by atoms with van der Waals surface area (Å²) in [6.07, 6.45) is 11.3. The summed E-state index contributed by atoms with van der Waals surface area (Å²) in [4.78, 5) is 13.3. The summed E-state index contributed by atoms with van der Waals surface area (Å²) in [5.41, 5.74) is 2.19. The Kier molecular flexibility index (Phi) is 4.45. The summed E-state index contributed by atoms with van der Waals surface area (Å²) in [5.74, 6) is 5.00. The summed E-state index contributed by atoms with van der Waals surface area (Å²) in [6.45, 7) is 2.39. The summed E-state index contributed by atoms with van der Waals surface area (Å²) in [6, 6.07) is 8.06. The molecule has 0 saturated carbocycles. The Morgan fingerprint density at radius 1 is 1.30 bits per heavy atom. The SMILES string of the molecule is C#CCN(CC#C)[C@@H]1C[C@@H](OC(C)=O)c2ccccc21. The molecule has 1 aliphatic rings. The maximum absolute atomic E-state index is 11.2. The van der Waals surface area contributed by atoms with E-state index in [1.165, 1.54) is 6.92 Å². The highest BCUT2D eigenvalue weighted by molar-refractivity contribution is 5.66. The largest absolute Gasteiger partial charge is 0.458 e. The van der Waals surface area contributed by atoms with Gasteiger partial charge in [-0.25, -0.2) is 0 Å². The van der Waals surface area contributed by atoms with Crippen LogP contribution >= 0.6 is 0 Å². The Balaban J connectivity index is 2.30. The average Bonchev–Trinajstić information content (AvgIpc) is 2.77. The number of rotatable bonds is 4. The molecule has 0 bridgehead atoms. The predicted octanol–water partition coefficient (Wildman–Crippen LogP) is 2.30. The Hall–Kier alpha value is -2.23. The van der Waals surface area contributed by atoms with Gasteiger partial charge < -0.3 is 4.74 Å². The molecule has 20 heavy (non-hydrogen) atoms. The first-order chi connectivity index (χ1) is 9.67. The van der Waals surface area contributed by atoms with Crippen molar-refractivity contribution in [1.29, 1.82) is 0 Å². The molecule has 1 aromatic rings. The van der Waals surface area contributed by atoms with Gasteiger partial charge in [-0.05, 0) is 11.1 Å². The fourth-order valence-corrected chi connectivity index (χ4v) is 2.73. The van der Waals surface area contributed by atoms with Crippen LogP contribution in [0.5, 0.6) is 0 Å². The van der Waals surface area contributed by atoms with Crippen molar-refractivity contribution in [2.45, 2.75) is 25.5 Å². The van der Waals surface area contributed by atoms with Crippen LogP contribution in [0, 0.1) is 24.7 Å². The van der Waals surface area contributed by atoms with Gasteiger partial charge in [0, 0.05) is 19.4 Å². The molecule has 0 unspecified atom stereocenters. The normalized spacial score (nSPS) is 20.0. The molecule has 0 fully saturated rings. The molecule has 0 aliphatic heterocycles. The lowest BCUT2D eigenvalue weighted by Gasteiger charge is -2.25. The summed E-state index contributed by atoms with van der Waals surface area (Å²) in [7, 11) is 0. The second kappa shape index (κ2) is 6.28. The van der Waals surface area contributed by atoms with Crippen molar-refractivity contribution in [3.8, 4) is 24.7 Å². The molecule has 3 nitrogen and oxygen atoms in total. The first kappa shape index (κ1) is 14.2. The number of fused-ring (bicyclic) bond motifs is 1. The number of hydrogen-bond acceptors (Lipinski definition) is 3. The van der Waals surface area contributed by atoms with Gasteiger partial charge in [-0.15, -0.1) is 12.8 Å². The molecule has 102 valence electrons.